The molecule has 4 aromatic rings. The lowest BCUT2D eigenvalue weighted by molar-refractivity contribution is 0.0885. The average Bonchev–Trinajstić information content (AvgIpc) is 3.29. The topological polar surface area (TPSA) is 81.3 Å². The molecule has 0 spiro atoms. The molecule has 0 aliphatic carbocycles. The van der Waals surface area contributed by atoms with Crippen molar-refractivity contribution >= 4 is 23.4 Å². The van der Waals surface area contributed by atoms with Gasteiger partial charge in [-0.25, -0.2) is 0 Å². The third-order valence-electron chi connectivity index (χ3n) is 4.72. The Bertz CT molecular complexity index is 1200. The minimum Gasteiger partial charge on any atom is -0.463 e. The molecule has 3 heterocycles. The summed E-state index contributed by atoms with van der Waals surface area (Å²) in [6.45, 7) is 0. The molecule has 0 bridgehead atoms. The monoisotopic (exact) mass is 416 g/mol. The maximum atomic E-state index is 13.6. The first-order valence-electron chi connectivity index (χ1n) is 9.23. The van der Waals surface area contributed by atoms with E-state index < -0.39 is 6.23 Å². The van der Waals surface area contributed by atoms with E-state index in [9.17, 15) is 4.79 Å². The molecule has 2 aromatic carbocycles. The summed E-state index contributed by atoms with van der Waals surface area (Å²) in [6, 6.07) is 20.1. The highest BCUT2D eigenvalue weighted by Crippen LogP contribution is 2.43. The third-order valence-corrected chi connectivity index (χ3v) is 5.26. The molecule has 1 amide bonds. The van der Waals surface area contributed by atoms with Crippen molar-refractivity contribution in [1.82, 2.24) is 15.2 Å². The van der Waals surface area contributed by atoms with E-state index in [2.05, 4.69) is 15.2 Å². The molecule has 2 aromatic heterocycles. The Labute approximate surface area is 176 Å². The van der Waals surface area contributed by atoms with Gasteiger partial charge >= 0.3 is 0 Å². The summed E-state index contributed by atoms with van der Waals surface area (Å²) in [5.41, 5.74) is 2.35. The van der Waals surface area contributed by atoms with Crippen LogP contribution in [0.2, 0.25) is 0 Å². The van der Waals surface area contributed by atoms with E-state index >= 15 is 0 Å². The molecule has 0 fully saturated rings. The van der Waals surface area contributed by atoms with Gasteiger partial charge in [-0.1, -0.05) is 48.2 Å². The van der Waals surface area contributed by atoms with Crippen LogP contribution in [0, 0.1) is 0 Å². The number of hydrogen-bond donors (Lipinski definition) is 0. The molecule has 1 atom stereocenters. The van der Waals surface area contributed by atoms with Crippen molar-refractivity contribution < 1.29 is 13.9 Å². The van der Waals surface area contributed by atoms with Crippen LogP contribution in [0.3, 0.4) is 0 Å². The molecule has 8 heteroatoms. The summed E-state index contributed by atoms with van der Waals surface area (Å²) in [7, 11) is 0. The number of fused-ring (bicyclic) bond motifs is 3. The van der Waals surface area contributed by atoms with E-state index in [1.54, 1.807) is 35.4 Å². The van der Waals surface area contributed by atoms with Crippen molar-refractivity contribution in [2.75, 3.05) is 11.2 Å². The maximum Gasteiger partial charge on any atom is 0.261 e. The molecule has 0 saturated heterocycles. The number of hydrogen-bond acceptors (Lipinski definition) is 7. The second kappa shape index (κ2) is 7.64. The van der Waals surface area contributed by atoms with Crippen molar-refractivity contribution in [1.29, 1.82) is 0 Å². The van der Waals surface area contributed by atoms with Crippen LogP contribution >= 0.6 is 11.8 Å². The van der Waals surface area contributed by atoms with Gasteiger partial charge in [0.1, 0.15) is 0 Å². The van der Waals surface area contributed by atoms with Crippen molar-refractivity contribution in [3.8, 4) is 17.1 Å². The van der Waals surface area contributed by atoms with Crippen LogP contribution in [0.4, 0.5) is 5.69 Å². The third kappa shape index (κ3) is 3.11. The molecule has 7 nitrogen and oxygen atoms in total. The van der Waals surface area contributed by atoms with Gasteiger partial charge in [0, 0.05) is 11.1 Å². The number of rotatable bonds is 3. The van der Waals surface area contributed by atoms with Gasteiger partial charge in [-0.15, -0.1) is 10.2 Å². The van der Waals surface area contributed by atoms with E-state index in [1.165, 1.54) is 11.8 Å². The van der Waals surface area contributed by atoms with Crippen LogP contribution in [-0.4, -0.2) is 27.3 Å². The molecule has 1 aliphatic rings. The quantitative estimate of drug-likeness (QED) is 0.452. The zero-order chi connectivity index (χ0) is 20.5. The molecule has 1 unspecified atom stereocenters. The number of furan rings is 1. The number of thioether (sulfide) groups is 1. The first kappa shape index (κ1) is 18.4. The Hall–Kier alpha value is -3.65. The highest BCUT2D eigenvalue weighted by molar-refractivity contribution is 7.98. The molecule has 5 rings (SSSR count). The molecule has 1 aliphatic heterocycles. The Morgan fingerprint density at radius 2 is 1.80 bits per heavy atom. The first-order chi connectivity index (χ1) is 14.8. The number of carbonyl (C=O) groups is 1. The lowest BCUT2D eigenvalue weighted by Gasteiger charge is -2.29. The molecular formula is C22H16N4O3S. The maximum absolute atomic E-state index is 13.6. The minimum atomic E-state index is -0.860. The molecule has 0 N–H and O–H groups in total. The first-order valence-corrected chi connectivity index (χ1v) is 10.5. The van der Waals surface area contributed by atoms with E-state index in [4.69, 9.17) is 9.15 Å². The van der Waals surface area contributed by atoms with Crippen LogP contribution in [0.15, 0.2) is 82.6 Å². The Balaban J connectivity index is 1.75. The number of ether oxygens (including phenoxy) is 1. The fourth-order valence-electron chi connectivity index (χ4n) is 3.36. The summed E-state index contributed by atoms with van der Waals surface area (Å²) in [6.07, 6.45) is 2.55. The summed E-state index contributed by atoms with van der Waals surface area (Å²) in [5, 5.41) is 8.99. The summed E-state index contributed by atoms with van der Waals surface area (Å²) >= 11 is 1.36. The number of nitrogens with zero attached hydrogens (tertiary/aromatic N) is 4. The number of benzene rings is 2. The number of amides is 1. The number of carbonyl (C=O) groups excluding carboxylic acids is 1. The number of para-hydroxylation sites is 1. The molecule has 0 radical (unpaired) electrons. The van der Waals surface area contributed by atoms with Gasteiger partial charge in [0.05, 0.1) is 12.0 Å². The SMILES string of the molecule is CSc1nnc2c(n1)OC(c1ccco1)N(C(=O)c1ccccc1)c1ccccc1-2. The summed E-state index contributed by atoms with van der Waals surface area (Å²) in [4.78, 5) is 19.7. The number of aromatic nitrogens is 3. The Kier molecular flexibility index (Phi) is 4.68. The van der Waals surface area contributed by atoms with Gasteiger partial charge in [0.2, 0.25) is 17.3 Å². The van der Waals surface area contributed by atoms with Gasteiger partial charge in [-0.05, 0) is 36.6 Å². The predicted molar refractivity (Wildman–Crippen MR) is 112 cm³/mol. The van der Waals surface area contributed by atoms with Crippen molar-refractivity contribution in [3.05, 3.63) is 84.3 Å². The van der Waals surface area contributed by atoms with Crippen molar-refractivity contribution in [3.63, 3.8) is 0 Å². The lowest BCUT2D eigenvalue weighted by Crippen LogP contribution is -2.37. The fraction of sp³-hybridized carbons (Fsp3) is 0.0909. The van der Waals surface area contributed by atoms with Gasteiger partial charge < -0.3 is 9.15 Å². The van der Waals surface area contributed by atoms with E-state index in [0.717, 1.165) is 0 Å². The zero-order valence-corrected chi connectivity index (χ0v) is 16.7. The standard InChI is InChI=1S/C22H16N4O3S/c1-30-22-23-19-18(24-25-22)15-10-5-6-11-16(15)26(20(27)14-8-3-2-4-9-14)21(29-19)17-12-7-13-28-17/h2-13,21H,1H3. The average molecular weight is 416 g/mol. The zero-order valence-electron chi connectivity index (χ0n) is 15.9. The van der Waals surface area contributed by atoms with Gasteiger partial charge in [0.15, 0.2) is 11.5 Å². The van der Waals surface area contributed by atoms with Crippen LogP contribution in [0.25, 0.3) is 11.3 Å². The highest BCUT2D eigenvalue weighted by atomic mass is 32.2. The fourth-order valence-corrected chi connectivity index (χ4v) is 3.65. The van der Waals surface area contributed by atoms with E-state index in [1.807, 2.05) is 48.7 Å². The lowest BCUT2D eigenvalue weighted by atomic mass is 10.1. The summed E-state index contributed by atoms with van der Waals surface area (Å²) < 4.78 is 11.9. The Morgan fingerprint density at radius 1 is 1.00 bits per heavy atom. The molecular weight excluding hydrogens is 400 g/mol. The molecule has 30 heavy (non-hydrogen) atoms. The van der Waals surface area contributed by atoms with Crippen molar-refractivity contribution in [2.45, 2.75) is 11.4 Å². The van der Waals surface area contributed by atoms with Gasteiger partial charge in [-0.2, -0.15) is 4.98 Å². The van der Waals surface area contributed by atoms with E-state index in [0.29, 0.717) is 39.3 Å². The summed E-state index contributed by atoms with van der Waals surface area (Å²) in [5.74, 6) is 0.549. The highest BCUT2D eigenvalue weighted by Gasteiger charge is 2.37. The minimum absolute atomic E-state index is 0.227. The second-order valence-corrected chi connectivity index (χ2v) is 7.27. The van der Waals surface area contributed by atoms with E-state index in [-0.39, 0.29) is 5.91 Å². The van der Waals surface area contributed by atoms with Gasteiger partial charge in [0.25, 0.3) is 5.91 Å². The normalized spacial score (nSPS) is 15.0. The molecule has 0 saturated carbocycles. The van der Waals surface area contributed by atoms with Crippen LogP contribution in [0.1, 0.15) is 22.3 Å². The van der Waals surface area contributed by atoms with Crippen LogP contribution < -0.4 is 9.64 Å². The van der Waals surface area contributed by atoms with Crippen LogP contribution in [-0.2, 0) is 0 Å². The smallest absolute Gasteiger partial charge is 0.261 e. The second-order valence-electron chi connectivity index (χ2n) is 6.50. The number of anilines is 1. The van der Waals surface area contributed by atoms with Crippen molar-refractivity contribution in [2.24, 2.45) is 0 Å². The largest absolute Gasteiger partial charge is 0.463 e. The Morgan fingerprint density at radius 3 is 2.57 bits per heavy atom. The predicted octanol–water partition coefficient (Wildman–Crippen LogP) is 4.59. The molecule has 148 valence electrons. The van der Waals surface area contributed by atoms with Crippen LogP contribution in [0.5, 0.6) is 5.88 Å². The van der Waals surface area contributed by atoms with Gasteiger partial charge in [-0.3, -0.25) is 9.69 Å².